The third kappa shape index (κ3) is 5.85. The number of rotatable bonds is 5. The van der Waals surface area contributed by atoms with Gasteiger partial charge in [0.2, 0.25) is 0 Å². The van der Waals surface area contributed by atoms with Crippen LogP contribution in [0.1, 0.15) is 22.8 Å². The van der Waals surface area contributed by atoms with Crippen LogP contribution in [0, 0.1) is 0 Å². The molecule has 0 fully saturated rings. The van der Waals surface area contributed by atoms with Crippen LogP contribution < -0.4 is 5.32 Å². The number of hydrogen-bond acceptors (Lipinski definition) is 6. The van der Waals surface area contributed by atoms with Crippen molar-refractivity contribution < 1.29 is 31.1 Å². The minimum Gasteiger partial charge on any atom is -0.357 e. The number of alkyl halides is 6. The van der Waals surface area contributed by atoms with Gasteiger partial charge in [-0.15, -0.1) is 10.2 Å². The Hall–Kier alpha value is -2.77. The normalized spacial score (nSPS) is 15.9. The van der Waals surface area contributed by atoms with E-state index in [1.165, 1.54) is 6.92 Å². The summed E-state index contributed by atoms with van der Waals surface area (Å²) in [4.78, 5) is 16.3. The summed E-state index contributed by atoms with van der Waals surface area (Å²) < 4.78 is 76.9. The summed E-state index contributed by atoms with van der Waals surface area (Å²) >= 11 is 5.94. The Morgan fingerprint density at radius 3 is 2.34 bits per heavy atom. The molecule has 0 spiro atoms. The summed E-state index contributed by atoms with van der Waals surface area (Å²) in [6, 6.07) is 1.34. The summed E-state index contributed by atoms with van der Waals surface area (Å²) in [6.07, 6.45) is -8.99. The maximum absolute atomic E-state index is 13.3. The summed E-state index contributed by atoms with van der Waals surface area (Å²) in [5, 5.41) is 15.0. The highest BCUT2D eigenvalue weighted by molar-refractivity contribution is 6.36. The zero-order valence-corrected chi connectivity index (χ0v) is 15.4. The minimum atomic E-state index is -4.92. The van der Waals surface area contributed by atoms with Gasteiger partial charge in [-0.1, -0.05) is 11.6 Å². The molecule has 1 heterocycles. The van der Waals surface area contributed by atoms with Gasteiger partial charge in [-0.3, -0.25) is 4.79 Å². The molecular weight excluding hydrogens is 432 g/mol. The largest absolute Gasteiger partial charge is 0.418 e. The van der Waals surface area contributed by atoms with Crippen LogP contribution in [0.3, 0.4) is 0 Å². The van der Waals surface area contributed by atoms with Crippen molar-refractivity contribution in [2.45, 2.75) is 25.1 Å². The van der Waals surface area contributed by atoms with Crippen LogP contribution in [0.4, 0.5) is 32.0 Å². The number of amides is 1. The van der Waals surface area contributed by atoms with Crippen molar-refractivity contribution in [1.29, 1.82) is 0 Å². The van der Waals surface area contributed by atoms with E-state index in [9.17, 15) is 31.1 Å². The highest BCUT2D eigenvalue weighted by Gasteiger charge is 2.37. The van der Waals surface area contributed by atoms with Crippen molar-refractivity contribution in [2.75, 3.05) is 13.6 Å². The van der Waals surface area contributed by atoms with Gasteiger partial charge in [-0.05, 0) is 22.6 Å². The fourth-order valence-corrected chi connectivity index (χ4v) is 2.44. The third-order valence-electron chi connectivity index (χ3n) is 3.35. The van der Waals surface area contributed by atoms with E-state index in [2.05, 4.69) is 31.0 Å². The topological polar surface area (TPSA) is 94.1 Å². The van der Waals surface area contributed by atoms with Gasteiger partial charge < -0.3 is 10.2 Å². The number of nitrogens with one attached hydrogen (secondary N) is 1. The van der Waals surface area contributed by atoms with Crippen molar-refractivity contribution >= 4 is 29.5 Å². The summed E-state index contributed by atoms with van der Waals surface area (Å²) in [6.45, 7) is -0.141. The van der Waals surface area contributed by atoms with E-state index < -0.39 is 52.4 Å². The highest BCUT2D eigenvalue weighted by Crippen LogP contribution is 2.42. The molecule has 0 bridgehead atoms. The number of nitrogens with zero attached hydrogens (tertiary/aromatic N) is 6. The molecule has 1 N–H and O–H groups in total. The van der Waals surface area contributed by atoms with Crippen LogP contribution in [0.25, 0.3) is 0 Å². The predicted molar refractivity (Wildman–Crippen MR) is 88.9 cm³/mol. The summed E-state index contributed by atoms with van der Waals surface area (Å²) in [5.41, 5.74) is -2.67. The van der Waals surface area contributed by atoms with Crippen molar-refractivity contribution in [3.05, 3.63) is 28.3 Å². The zero-order valence-electron chi connectivity index (χ0n) is 14.7. The second kappa shape index (κ2) is 7.93. The molecule has 1 aliphatic rings. The SMILES string of the molecule is CN(C=Nc1c(C(F)(F)F)ccc(C(=O)NC2(C)N=NN=N2)c1Cl)CC(F)(F)F. The smallest absolute Gasteiger partial charge is 0.357 e. The van der Waals surface area contributed by atoms with Crippen molar-refractivity contribution in [2.24, 2.45) is 25.7 Å². The van der Waals surface area contributed by atoms with Gasteiger partial charge in [0.15, 0.2) is 0 Å². The molecule has 29 heavy (non-hydrogen) atoms. The van der Waals surface area contributed by atoms with Gasteiger partial charge in [0.1, 0.15) is 6.54 Å². The first-order valence-electron chi connectivity index (χ1n) is 7.59. The van der Waals surface area contributed by atoms with E-state index in [4.69, 9.17) is 11.6 Å². The summed E-state index contributed by atoms with van der Waals surface area (Å²) in [7, 11) is 0.964. The fourth-order valence-electron chi connectivity index (χ4n) is 2.14. The van der Waals surface area contributed by atoms with E-state index in [1.807, 2.05) is 0 Å². The second-order valence-corrected chi connectivity index (χ2v) is 6.33. The average Bonchev–Trinajstić information content (AvgIpc) is 2.96. The first-order chi connectivity index (χ1) is 13.2. The first kappa shape index (κ1) is 22.5. The molecule has 1 aromatic rings. The van der Waals surface area contributed by atoms with E-state index >= 15 is 0 Å². The van der Waals surface area contributed by atoms with Gasteiger partial charge in [0.25, 0.3) is 11.7 Å². The predicted octanol–water partition coefficient (Wildman–Crippen LogP) is 4.75. The van der Waals surface area contributed by atoms with E-state index in [-0.39, 0.29) is 0 Å². The van der Waals surface area contributed by atoms with Crippen molar-refractivity contribution in [3.63, 3.8) is 0 Å². The summed E-state index contributed by atoms with van der Waals surface area (Å²) in [5.74, 6) is -2.54. The maximum Gasteiger partial charge on any atom is 0.418 e. The average molecular weight is 444 g/mol. The zero-order chi connectivity index (χ0) is 22.0. The molecule has 1 amide bonds. The quantitative estimate of drug-likeness (QED) is 0.404. The van der Waals surface area contributed by atoms with Crippen LogP contribution in [0.5, 0.6) is 0 Å². The lowest BCUT2D eigenvalue weighted by Crippen LogP contribution is -2.41. The number of hydrogen-bond donors (Lipinski definition) is 1. The third-order valence-corrected chi connectivity index (χ3v) is 3.73. The molecule has 0 radical (unpaired) electrons. The molecule has 0 saturated carbocycles. The minimum absolute atomic E-state index is 0.427. The fraction of sp³-hybridized carbons (Fsp3) is 0.429. The van der Waals surface area contributed by atoms with E-state index in [0.29, 0.717) is 17.3 Å². The molecule has 1 aromatic carbocycles. The van der Waals surface area contributed by atoms with Crippen LogP contribution in [0.2, 0.25) is 5.02 Å². The van der Waals surface area contributed by atoms with E-state index in [1.54, 1.807) is 0 Å². The molecule has 0 atom stereocenters. The van der Waals surface area contributed by atoms with Crippen LogP contribution in [0.15, 0.2) is 37.8 Å². The lowest BCUT2D eigenvalue weighted by molar-refractivity contribution is -0.137. The Labute approximate surface area is 164 Å². The van der Waals surface area contributed by atoms with Gasteiger partial charge in [-0.25, -0.2) is 4.99 Å². The number of halogens is 7. The molecule has 1 aliphatic heterocycles. The van der Waals surface area contributed by atoms with Crippen molar-refractivity contribution in [3.8, 4) is 0 Å². The Morgan fingerprint density at radius 1 is 1.24 bits per heavy atom. The first-order valence-corrected chi connectivity index (χ1v) is 7.97. The van der Waals surface area contributed by atoms with Crippen LogP contribution in [-0.4, -0.2) is 42.7 Å². The number of carbonyl (C=O) groups excluding carboxylic acids is 1. The Bertz CT molecular complexity index is 868. The Balaban J connectivity index is 2.41. The second-order valence-electron chi connectivity index (χ2n) is 5.95. The molecule has 2 rings (SSSR count). The standard InChI is InChI=1S/C14H12ClF6N7O/c1-12(24-26-27-25-12)23-11(29)7-3-4-8(14(19,20)21)10(9(7)15)22-6-28(2)5-13(16,17)18/h3-4,6H,5H2,1-2H3,(H,23,29). The lowest BCUT2D eigenvalue weighted by Gasteiger charge is -2.19. The van der Waals surface area contributed by atoms with Crippen LogP contribution >= 0.6 is 11.6 Å². The van der Waals surface area contributed by atoms with E-state index in [0.717, 1.165) is 13.1 Å². The molecule has 0 aromatic heterocycles. The molecule has 0 saturated heterocycles. The van der Waals surface area contributed by atoms with Gasteiger partial charge in [0.05, 0.1) is 28.2 Å². The maximum atomic E-state index is 13.3. The van der Waals surface area contributed by atoms with Crippen LogP contribution in [-0.2, 0) is 6.18 Å². The lowest BCUT2D eigenvalue weighted by atomic mass is 10.1. The number of benzene rings is 1. The molecular formula is C14H12ClF6N7O. The van der Waals surface area contributed by atoms with Gasteiger partial charge in [0, 0.05) is 14.0 Å². The molecule has 0 unspecified atom stereocenters. The molecule has 0 aliphatic carbocycles. The molecule has 15 heteroatoms. The van der Waals surface area contributed by atoms with Gasteiger partial charge in [-0.2, -0.15) is 26.3 Å². The monoisotopic (exact) mass is 443 g/mol. The Morgan fingerprint density at radius 2 is 1.83 bits per heavy atom. The Kier molecular flexibility index (Phi) is 6.15. The number of aliphatic imine (C=N–C) groups is 1. The number of carbonyl (C=O) groups is 1. The van der Waals surface area contributed by atoms with Crippen molar-refractivity contribution in [1.82, 2.24) is 10.2 Å². The van der Waals surface area contributed by atoms with Gasteiger partial charge >= 0.3 is 12.4 Å². The molecule has 8 nitrogen and oxygen atoms in total. The molecule has 158 valence electrons. The highest BCUT2D eigenvalue weighted by atomic mass is 35.5.